The quantitative estimate of drug-likeness (QED) is 0.765. The van der Waals surface area contributed by atoms with Gasteiger partial charge in [-0.05, 0) is 48.9 Å². The first-order valence-electron chi connectivity index (χ1n) is 5.69. The second kappa shape index (κ2) is 3.33. The van der Waals surface area contributed by atoms with Crippen LogP contribution >= 0.6 is 15.9 Å². The summed E-state index contributed by atoms with van der Waals surface area (Å²) in [7, 11) is 0. The fourth-order valence-corrected chi connectivity index (χ4v) is 3.57. The van der Waals surface area contributed by atoms with Crippen molar-refractivity contribution in [1.82, 2.24) is 0 Å². The molecular weight excluding hydrogens is 252 g/mol. The average Bonchev–Trinajstić information content (AvgIpc) is 2.15. The molecule has 1 saturated carbocycles. The largest absolute Gasteiger partial charge is 0.392 e. The maximum Gasteiger partial charge on any atom is 0.0640 e. The van der Waals surface area contributed by atoms with E-state index in [1.165, 1.54) is 30.4 Å². The Morgan fingerprint density at radius 2 is 2.13 bits per heavy atom. The zero-order chi connectivity index (χ0) is 10.5. The molecule has 2 aliphatic rings. The van der Waals surface area contributed by atoms with Crippen molar-refractivity contribution >= 4 is 15.9 Å². The van der Waals surface area contributed by atoms with E-state index in [0.717, 1.165) is 17.3 Å². The SMILES string of the molecule is OC1CCc2cc(Br)ccc2C12CCC2. The van der Waals surface area contributed by atoms with Crippen LogP contribution in [0.1, 0.15) is 36.8 Å². The van der Waals surface area contributed by atoms with Crippen molar-refractivity contribution in [1.29, 1.82) is 0 Å². The normalized spacial score (nSPS) is 27.2. The van der Waals surface area contributed by atoms with Crippen molar-refractivity contribution in [2.24, 2.45) is 0 Å². The fourth-order valence-electron chi connectivity index (χ4n) is 3.16. The predicted molar refractivity (Wildman–Crippen MR) is 64.0 cm³/mol. The lowest BCUT2D eigenvalue weighted by Gasteiger charge is -2.49. The molecule has 1 aromatic rings. The molecule has 0 aliphatic heterocycles. The van der Waals surface area contributed by atoms with Gasteiger partial charge < -0.3 is 5.11 Å². The van der Waals surface area contributed by atoms with Gasteiger partial charge in [-0.3, -0.25) is 0 Å². The van der Waals surface area contributed by atoms with Crippen LogP contribution in [0.5, 0.6) is 0 Å². The molecule has 1 fully saturated rings. The molecule has 0 amide bonds. The van der Waals surface area contributed by atoms with Crippen LogP contribution in [-0.4, -0.2) is 11.2 Å². The van der Waals surface area contributed by atoms with Gasteiger partial charge in [0.15, 0.2) is 0 Å². The fraction of sp³-hybridized carbons (Fsp3) is 0.538. The van der Waals surface area contributed by atoms with E-state index in [0.29, 0.717) is 0 Å². The number of fused-ring (bicyclic) bond motifs is 2. The summed E-state index contributed by atoms with van der Waals surface area (Å²) in [5, 5.41) is 10.2. The molecule has 2 aliphatic carbocycles. The molecule has 80 valence electrons. The Balaban J connectivity index is 2.12. The number of hydrogen-bond donors (Lipinski definition) is 1. The third-order valence-corrected chi connectivity index (χ3v) is 4.67. The number of benzene rings is 1. The van der Waals surface area contributed by atoms with Crippen LogP contribution in [0.3, 0.4) is 0 Å². The molecule has 0 saturated heterocycles. The predicted octanol–water partition coefficient (Wildman–Crippen LogP) is 3.18. The first-order chi connectivity index (χ1) is 7.22. The lowest BCUT2D eigenvalue weighted by Crippen LogP contribution is -2.48. The highest BCUT2D eigenvalue weighted by Crippen LogP contribution is 2.51. The Kier molecular flexibility index (Phi) is 2.18. The number of rotatable bonds is 0. The van der Waals surface area contributed by atoms with Crippen LogP contribution in [0.25, 0.3) is 0 Å². The summed E-state index contributed by atoms with van der Waals surface area (Å²) in [6, 6.07) is 6.54. The Labute approximate surface area is 98.6 Å². The van der Waals surface area contributed by atoms with Crippen LogP contribution < -0.4 is 0 Å². The molecule has 1 atom stereocenters. The van der Waals surface area contributed by atoms with Crippen LogP contribution in [0, 0.1) is 0 Å². The van der Waals surface area contributed by atoms with E-state index in [-0.39, 0.29) is 11.5 Å². The maximum atomic E-state index is 10.2. The highest BCUT2D eigenvalue weighted by Gasteiger charge is 2.47. The van der Waals surface area contributed by atoms with E-state index < -0.39 is 0 Å². The van der Waals surface area contributed by atoms with Gasteiger partial charge in [-0.1, -0.05) is 28.4 Å². The van der Waals surface area contributed by atoms with Gasteiger partial charge in [0.2, 0.25) is 0 Å². The van der Waals surface area contributed by atoms with Gasteiger partial charge in [0.25, 0.3) is 0 Å². The molecule has 3 rings (SSSR count). The van der Waals surface area contributed by atoms with Gasteiger partial charge in [0, 0.05) is 9.89 Å². The molecule has 1 nitrogen and oxygen atoms in total. The van der Waals surface area contributed by atoms with Crippen molar-refractivity contribution in [3.05, 3.63) is 33.8 Å². The highest BCUT2D eigenvalue weighted by atomic mass is 79.9. The summed E-state index contributed by atoms with van der Waals surface area (Å²) in [5.41, 5.74) is 2.97. The maximum absolute atomic E-state index is 10.2. The van der Waals surface area contributed by atoms with E-state index in [4.69, 9.17) is 0 Å². The van der Waals surface area contributed by atoms with Gasteiger partial charge in [-0.15, -0.1) is 0 Å². The van der Waals surface area contributed by atoms with Crippen molar-refractivity contribution in [3.8, 4) is 0 Å². The smallest absolute Gasteiger partial charge is 0.0640 e. The molecule has 0 bridgehead atoms. The zero-order valence-corrected chi connectivity index (χ0v) is 10.3. The second-order valence-electron chi connectivity index (χ2n) is 4.87. The minimum atomic E-state index is -0.111. The lowest BCUT2D eigenvalue weighted by atomic mass is 9.57. The number of aryl methyl sites for hydroxylation is 1. The molecule has 1 unspecified atom stereocenters. The van der Waals surface area contributed by atoms with E-state index in [1.54, 1.807) is 0 Å². The van der Waals surface area contributed by atoms with Crippen LogP contribution in [0.4, 0.5) is 0 Å². The van der Waals surface area contributed by atoms with Crippen molar-refractivity contribution in [2.45, 2.75) is 43.6 Å². The number of hydrogen-bond acceptors (Lipinski definition) is 1. The summed E-state index contributed by atoms with van der Waals surface area (Å²) in [6.45, 7) is 0. The van der Waals surface area contributed by atoms with Gasteiger partial charge >= 0.3 is 0 Å². The first-order valence-corrected chi connectivity index (χ1v) is 6.49. The zero-order valence-electron chi connectivity index (χ0n) is 8.67. The third kappa shape index (κ3) is 1.31. The van der Waals surface area contributed by atoms with Gasteiger partial charge in [0.1, 0.15) is 0 Å². The van der Waals surface area contributed by atoms with Crippen molar-refractivity contribution in [3.63, 3.8) is 0 Å². The van der Waals surface area contributed by atoms with Crippen LogP contribution in [0.2, 0.25) is 0 Å². The minimum Gasteiger partial charge on any atom is -0.392 e. The first kappa shape index (κ1) is 9.86. The average molecular weight is 267 g/mol. The third-order valence-electron chi connectivity index (χ3n) is 4.17. The van der Waals surface area contributed by atoms with Gasteiger partial charge in [-0.25, -0.2) is 0 Å². The summed E-state index contributed by atoms with van der Waals surface area (Å²) in [6.07, 6.45) is 5.46. The molecule has 1 spiro atoms. The topological polar surface area (TPSA) is 20.2 Å². The van der Waals surface area contributed by atoms with Gasteiger partial charge in [-0.2, -0.15) is 0 Å². The molecular formula is C13H15BrO. The summed E-state index contributed by atoms with van der Waals surface area (Å²) in [4.78, 5) is 0. The highest BCUT2D eigenvalue weighted by molar-refractivity contribution is 9.10. The van der Waals surface area contributed by atoms with E-state index in [1.807, 2.05) is 0 Å². The second-order valence-corrected chi connectivity index (χ2v) is 5.78. The van der Waals surface area contributed by atoms with Crippen LogP contribution in [-0.2, 0) is 11.8 Å². The lowest BCUT2D eigenvalue weighted by molar-refractivity contribution is 0.0144. The monoisotopic (exact) mass is 266 g/mol. The Morgan fingerprint density at radius 1 is 1.33 bits per heavy atom. The van der Waals surface area contributed by atoms with Crippen molar-refractivity contribution < 1.29 is 5.11 Å². The van der Waals surface area contributed by atoms with Crippen molar-refractivity contribution in [2.75, 3.05) is 0 Å². The van der Waals surface area contributed by atoms with E-state index in [9.17, 15) is 5.11 Å². The molecule has 0 radical (unpaired) electrons. The minimum absolute atomic E-state index is 0.111. The number of aliphatic hydroxyl groups is 1. The Morgan fingerprint density at radius 3 is 2.80 bits per heavy atom. The molecule has 2 heteroatoms. The summed E-state index contributed by atoms with van der Waals surface area (Å²) in [5.74, 6) is 0. The van der Waals surface area contributed by atoms with Gasteiger partial charge in [0.05, 0.1) is 6.10 Å². The number of aliphatic hydroxyl groups excluding tert-OH is 1. The summed E-state index contributed by atoms with van der Waals surface area (Å²) < 4.78 is 1.16. The van der Waals surface area contributed by atoms with Crippen LogP contribution in [0.15, 0.2) is 22.7 Å². The number of halogens is 1. The van der Waals surface area contributed by atoms with E-state index >= 15 is 0 Å². The molecule has 1 aromatic carbocycles. The summed E-state index contributed by atoms with van der Waals surface area (Å²) >= 11 is 3.52. The van der Waals surface area contributed by atoms with E-state index in [2.05, 4.69) is 34.1 Å². The molecule has 0 aromatic heterocycles. The Bertz CT molecular complexity index is 396. The molecule has 0 heterocycles. The standard InChI is InChI=1S/C13H15BrO/c14-10-3-4-11-9(8-10)2-5-12(15)13(11)6-1-7-13/h3-4,8,12,15H,1-2,5-7H2. The molecule has 15 heavy (non-hydrogen) atoms. The Hall–Kier alpha value is -0.340. The molecule has 1 N–H and O–H groups in total.